The van der Waals surface area contributed by atoms with Crippen molar-refractivity contribution >= 4 is 29.0 Å². The van der Waals surface area contributed by atoms with E-state index in [9.17, 15) is 10.1 Å². The molecule has 0 radical (unpaired) electrons. The first kappa shape index (κ1) is 18.9. The Morgan fingerprint density at radius 3 is 2.54 bits per heavy atom. The predicted molar refractivity (Wildman–Crippen MR) is 101 cm³/mol. The molecule has 0 saturated heterocycles. The van der Waals surface area contributed by atoms with Gasteiger partial charge in [0.15, 0.2) is 11.5 Å². The number of methoxy groups -OCH3 is 1. The van der Waals surface area contributed by atoms with Gasteiger partial charge in [-0.2, -0.15) is 5.26 Å². The second kappa shape index (κ2) is 8.60. The van der Waals surface area contributed by atoms with Crippen LogP contribution in [0.1, 0.15) is 11.1 Å². The van der Waals surface area contributed by atoms with E-state index in [0.29, 0.717) is 17.1 Å². The standard InChI is InChI=1S/C18H15N3O4S/c1-24-17-9-13(8-14(10-19)18(20)26)4-7-16(17)25-11-12-2-5-15(6-3-12)21(22)23/h2-9H,11H2,1H3,(H2,20,26). The molecule has 2 aromatic rings. The van der Waals surface area contributed by atoms with Crippen molar-refractivity contribution in [2.75, 3.05) is 7.11 Å². The first-order valence-electron chi connectivity index (χ1n) is 7.40. The lowest BCUT2D eigenvalue weighted by molar-refractivity contribution is -0.384. The van der Waals surface area contributed by atoms with Crippen molar-refractivity contribution in [3.63, 3.8) is 0 Å². The van der Waals surface area contributed by atoms with Crippen molar-refractivity contribution in [2.24, 2.45) is 5.73 Å². The van der Waals surface area contributed by atoms with E-state index < -0.39 is 4.92 Å². The van der Waals surface area contributed by atoms with Gasteiger partial charge in [-0.05, 0) is 41.5 Å². The molecule has 0 bridgehead atoms. The maximum Gasteiger partial charge on any atom is 0.269 e. The van der Waals surface area contributed by atoms with Gasteiger partial charge in [0.25, 0.3) is 5.69 Å². The van der Waals surface area contributed by atoms with E-state index in [0.717, 1.165) is 5.56 Å². The van der Waals surface area contributed by atoms with Crippen molar-refractivity contribution in [1.29, 1.82) is 5.26 Å². The van der Waals surface area contributed by atoms with Gasteiger partial charge in [-0.3, -0.25) is 10.1 Å². The second-order valence-corrected chi connectivity index (χ2v) is 5.60. The smallest absolute Gasteiger partial charge is 0.269 e. The zero-order chi connectivity index (χ0) is 19.1. The average molecular weight is 369 g/mol. The Morgan fingerprint density at radius 2 is 2.00 bits per heavy atom. The van der Waals surface area contributed by atoms with Crippen LogP contribution in [0.5, 0.6) is 11.5 Å². The summed E-state index contributed by atoms with van der Waals surface area (Å²) in [5.41, 5.74) is 7.17. The molecule has 8 heteroatoms. The van der Waals surface area contributed by atoms with Crippen molar-refractivity contribution < 1.29 is 14.4 Å². The molecule has 0 amide bonds. The summed E-state index contributed by atoms with van der Waals surface area (Å²) in [6.45, 7) is 0.222. The first-order chi connectivity index (χ1) is 12.4. The molecule has 0 atom stereocenters. The van der Waals surface area contributed by atoms with E-state index in [-0.39, 0.29) is 22.9 Å². The zero-order valence-electron chi connectivity index (χ0n) is 13.8. The number of nitro benzene ring substituents is 1. The lowest BCUT2D eigenvalue weighted by Crippen LogP contribution is -2.09. The number of hydrogen-bond acceptors (Lipinski definition) is 6. The van der Waals surface area contributed by atoms with Crippen LogP contribution >= 0.6 is 12.2 Å². The Morgan fingerprint density at radius 1 is 1.31 bits per heavy atom. The van der Waals surface area contributed by atoms with Crippen LogP contribution in [0.25, 0.3) is 6.08 Å². The Kier molecular flexibility index (Phi) is 6.25. The monoisotopic (exact) mass is 369 g/mol. The minimum absolute atomic E-state index is 0.0185. The number of nitrogens with zero attached hydrogens (tertiary/aromatic N) is 2. The van der Waals surface area contributed by atoms with Crippen molar-refractivity contribution in [1.82, 2.24) is 0 Å². The number of rotatable bonds is 7. The number of non-ortho nitro benzene ring substituents is 1. The Balaban J connectivity index is 2.16. The fourth-order valence-electron chi connectivity index (χ4n) is 2.09. The van der Waals surface area contributed by atoms with Gasteiger partial charge in [0.05, 0.1) is 17.6 Å². The van der Waals surface area contributed by atoms with Crippen LogP contribution < -0.4 is 15.2 Å². The molecule has 0 aliphatic heterocycles. The van der Waals surface area contributed by atoms with Gasteiger partial charge in [-0.25, -0.2) is 0 Å². The molecule has 132 valence electrons. The second-order valence-electron chi connectivity index (χ2n) is 5.16. The molecule has 0 aliphatic carbocycles. The third-order valence-electron chi connectivity index (χ3n) is 3.43. The molecular formula is C18H15N3O4S. The zero-order valence-corrected chi connectivity index (χ0v) is 14.7. The highest BCUT2D eigenvalue weighted by atomic mass is 32.1. The third kappa shape index (κ3) is 4.78. The summed E-state index contributed by atoms with van der Waals surface area (Å²) in [5, 5.41) is 19.7. The topological polar surface area (TPSA) is 111 Å². The molecule has 26 heavy (non-hydrogen) atoms. The summed E-state index contributed by atoms with van der Waals surface area (Å²) in [6.07, 6.45) is 1.56. The first-order valence-corrected chi connectivity index (χ1v) is 7.81. The van der Waals surface area contributed by atoms with Crippen LogP contribution in [0.3, 0.4) is 0 Å². The van der Waals surface area contributed by atoms with Gasteiger partial charge in [-0.1, -0.05) is 18.3 Å². The minimum Gasteiger partial charge on any atom is -0.493 e. The molecule has 7 nitrogen and oxygen atoms in total. The van der Waals surface area contributed by atoms with Gasteiger partial charge in [0.2, 0.25) is 0 Å². The average Bonchev–Trinajstić information content (AvgIpc) is 2.64. The van der Waals surface area contributed by atoms with E-state index in [1.165, 1.54) is 19.2 Å². The van der Waals surface area contributed by atoms with Gasteiger partial charge in [0, 0.05) is 12.1 Å². The van der Waals surface area contributed by atoms with Crippen molar-refractivity contribution in [3.05, 3.63) is 69.3 Å². The quantitative estimate of drug-likeness (QED) is 0.262. The Bertz CT molecular complexity index is 902. The summed E-state index contributed by atoms with van der Waals surface area (Å²) < 4.78 is 11.0. The number of benzene rings is 2. The fraction of sp³-hybridized carbons (Fsp3) is 0.111. The SMILES string of the molecule is COc1cc(C=C(C#N)C(N)=S)ccc1OCc1ccc([N+](=O)[O-])cc1. The molecule has 0 aromatic heterocycles. The van der Waals surface area contributed by atoms with E-state index >= 15 is 0 Å². The summed E-state index contributed by atoms with van der Waals surface area (Å²) in [7, 11) is 1.50. The van der Waals surface area contributed by atoms with Crippen molar-refractivity contribution in [2.45, 2.75) is 6.61 Å². The number of nitrogens with two attached hydrogens (primary N) is 1. The number of nitriles is 1. The van der Waals surface area contributed by atoms with Crippen LogP contribution in [-0.2, 0) is 6.61 Å². The number of ether oxygens (including phenoxy) is 2. The Hall–Kier alpha value is -3.44. The van der Waals surface area contributed by atoms with Crippen LogP contribution in [0.4, 0.5) is 5.69 Å². The summed E-state index contributed by atoms with van der Waals surface area (Å²) in [5.74, 6) is 0.970. The molecule has 0 saturated carbocycles. The molecule has 2 aromatic carbocycles. The summed E-state index contributed by atoms with van der Waals surface area (Å²) >= 11 is 4.81. The van der Waals surface area contributed by atoms with Gasteiger partial charge in [0.1, 0.15) is 17.7 Å². The van der Waals surface area contributed by atoms with Gasteiger partial charge in [-0.15, -0.1) is 0 Å². The molecule has 0 unspecified atom stereocenters. The van der Waals surface area contributed by atoms with Crippen LogP contribution in [0.2, 0.25) is 0 Å². The molecule has 2 N–H and O–H groups in total. The van der Waals surface area contributed by atoms with Crippen molar-refractivity contribution in [3.8, 4) is 17.6 Å². The summed E-state index contributed by atoms with van der Waals surface area (Å²) in [4.78, 5) is 10.2. The molecule has 0 spiro atoms. The highest BCUT2D eigenvalue weighted by Gasteiger charge is 2.08. The molecule has 0 aliphatic rings. The molecule has 2 rings (SSSR count). The highest BCUT2D eigenvalue weighted by Crippen LogP contribution is 2.30. The van der Waals surface area contributed by atoms with Gasteiger partial charge >= 0.3 is 0 Å². The lowest BCUT2D eigenvalue weighted by Gasteiger charge is -2.11. The number of hydrogen-bond donors (Lipinski definition) is 1. The fourth-order valence-corrected chi connectivity index (χ4v) is 2.20. The normalized spacial score (nSPS) is 10.7. The molecule has 0 heterocycles. The van der Waals surface area contributed by atoms with E-state index in [2.05, 4.69) is 0 Å². The van der Waals surface area contributed by atoms with Crippen LogP contribution in [0, 0.1) is 21.4 Å². The largest absolute Gasteiger partial charge is 0.493 e. The van der Waals surface area contributed by atoms with E-state index in [1.54, 1.807) is 36.4 Å². The molecular weight excluding hydrogens is 354 g/mol. The predicted octanol–water partition coefficient (Wildman–Crippen LogP) is 3.38. The third-order valence-corrected chi connectivity index (χ3v) is 3.65. The molecule has 0 fully saturated rings. The maximum absolute atomic E-state index is 10.7. The highest BCUT2D eigenvalue weighted by molar-refractivity contribution is 7.80. The van der Waals surface area contributed by atoms with Gasteiger partial charge < -0.3 is 15.2 Å². The summed E-state index contributed by atoms with van der Waals surface area (Å²) in [6, 6.07) is 13.2. The number of thiocarbonyl (C=S) groups is 1. The Labute approximate surface area is 155 Å². The minimum atomic E-state index is -0.456. The lowest BCUT2D eigenvalue weighted by atomic mass is 10.1. The van der Waals surface area contributed by atoms with Crippen LogP contribution in [-0.4, -0.2) is 17.0 Å². The van der Waals surface area contributed by atoms with Crippen LogP contribution in [0.15, 0.2) is 48.0 Å². The van der Waals surface area contributed by atoms with E-state index in [4.69, 9.17) is 32.7 Å². The van der Waals surface area contributed by atoms with E-state index in [1.807, 2.05) is 6.07 Å². The number of nitro groups is 1. The maximum atomic E-state index is 10.7.